The van der Waals surface area contributed by atoms with Crippen molar-refractivity contribution in [2.75, 3.05) is 26.1 Å². The van der Waals surface area contributed by atoms with E-state index in [9.17, 15) is 9.59 Å². The number of hydrogen-bond donors (Lipinski definition) is 2. The average Bonchev–Trinajstić information content (AvgIpc) is 2.51. The second-order valence-electron chi connectivity index (χ2n) is 5.36. The van der Waals surface area contributed by atoms with E-state index in [1.807, 2.05) is 13.0 Å². The van der Waals surface area contributed by atoms with Crippen molar-refractivity contribution in [2.45, 2.75) is 39.5 Å². The van der Waals surface area contributed by atoms with Crippen LogP contribution < -0.4 is 20.1 Å². The van der Waals surface area contributed by atoms with Crippen LogP contribution in [0.1, 0.15) is 38.2 Å². The third-order valence-electron chi connectivity index (χ3n) is 3.46. The van der Waals surface area contributed by atoms with E-state index in [-0.39, 0.29) is 11.8 Å². The number of carbonyl (C=O) groups excluding carboxylic acids is 2. The summed E-state index contributed by atoms with van der Waals surface area (Å²) in [6.45, 7) is 4.07. The maximum atomic E-state index is 12.0. The molecular formula is C17H26N2O4. The van der Waals surface area contributed by atoms with Gasteiger partial charge >= 0.3 is 0 Å². The molecule has 0 heterocycles. The maximum absolute atomic E-state index is 12.0. The number of benzene rings is 1. The lowest BCUT2D eigenvalue weighted by Gasteiger charge is -2.13. The number of ether oxygens (including phenoxy) is 2. The molecule has 0 saturated carbocycles. The molecule has 0 unspecified atom stereocenters. The van der Waals surface area contributed by atoms with Gasteiger partial charge in [-0.1, -0.05) is 6.42 Å². The van der Waals surface area contributed by atoms with Crippen molar-refractivity contribution in [2.24, 2.45) is 0 Å². The van der Waals surface area contributed by atoms with Crippen molar-refractivity contribution in [3.05, 3.63) is 17.7 Å². The number of unbranched alkanes of at least 4 members (excludes halogenated alkanes) is 2. The molecule has 0 aliphatic carbocycles. The van der Waals surface area contributed by atoms with E-state index in [0.717, 1.165) is 30.5 Å². The van der Waals surface area contributed by atoms with Crippen LogP contribution in [0.4, 0.5) is 5.69 Å². The molecule has 1 rings (SSSR count). The van der Waals surface area contributed by atoms with Gasteiger partial charge in [-0.3, -0.25) is 9.59 Å². The monoisotopic (exact) mass is 322 g/mol. The van der Waals surface area contributed by atoms with Crippen molar-refractivity contribution in [1.29, 1.82) is 0 Å². The van der Waals surface area contributed by atoms with Crippen LogP contribution in [-0.2, 0) is 9.59 Å². The highest BCUT2D eigenvalue weighted by Gasteiger charge is 2.10. The molecule has 0 aliphatic rings. The van der Waals surface area contributed by atoms with Crippen LogP contribution >= 0.6 is 0 Å². The van der Waals surface area contributed by atoms with Crippen LogP contribution in [0.5, 0.6) is 11.5 Å². The van der Waals surface area contributed by atoms with E-state index in [0.29, 0.717) is 24.5 Å². The Kier molecular flexibility index (Phi) is 7.94. The second-order valence-corrected chi connectivity index (χ2v) is 5.36. The lowest BCUT2D eigenvalue weighted by Crippen LogP contribution is -2.20. The molecule has 0 bridgehead atoms. The van der Waals surface area contributed by atoms with Crippen LogP contribution in [0.3, 0.4) is 0 Å². The molecule has 0 saturated heterocycles. The van der Waals surface area contributed by atoms with E-state index in [1.54, 1.807) is 20.3 Å². The number of amides is 2. The normalized spacial score (nSPS) is 10.1. The fourth-order valence-electron chi connectivity index (χ4n) is 2.18. The fraction of sp³-hybridized carbons (Fsp3) is 0.529. The van der Waals surface area contributed by atoms with Gasteiger partial charge in [0.05, 0.1) is 14.2 Å². The van der Waals surface area contributed by atoms with E-state index in [4.69, 9.17) is 9.47 Å². The lowest BCUT2D eigenvalue weighted by molar-refractivity contribution is -0.119. The number of methoxy groups -OCH3 is 2. The molecule has 6 nitrogen and oxygen atoms in total. The first kappa shape index (κ1) is 18.8. The van der Waals surface area contributed by atoms with Crippen LogP contribution in [0.15, 0.2) is 12.1 Å². The summed E-state index contributed by atoms with van der Waals surface area (Å²) in [7, 11) is 3.14. The van der Waals surface area contributed by atoms with Crippen LogP contribution in [0, 0.1) is 6.92 Å². The highest BCUT2D eigenvalue weighted by Crippen LogP contribution is 2.32. The Morgan fingerprint density at radius 3 is 2.30 bits per heavy atom. The van der Waals surface area contributed by atoms with Gasteiger partial charge in [-0.05, 0) is 31.4 Å². The standard InChI is InChI=1S/C17H26N2O4/c1-12-10-15(22-3)16(23-4)11-14(12)19-17(21)8-6-5-7-9-18-13(2)20/h10-11H,5-9H2,1-4H3,(H,18,20)(H,19,21). The minimum atomic E-state index is -0.0279. The van der Waals surface area contributed by atoms with E-state index >= 15 is 0 Å². The molecule has 0 aliphatic heterocycles. The second kappa shape index (κ2) is 9.71. The average molecular weight is 322 g/mol. The van der Waals surface area contributed by atoms with Crippen molar-refractivity contribution >= 4 is 17.5 Å². The Morgan fingerprint density at radius 2 is 1.70 bits per heavy atom. The zero-order valence-electron chi connectivity index (χ0n) is 14.3. The first-order valence-corrected chi connectivity index (χ1v) is 7.74. The smallest absolute Gasteiger partial charge is 0.224 e. The van der Waals surface area contributed by atoms with Gasteiger partial charge in [0.2, 0.25) is 11.8 Å². The molecule has 0 fully saturated rings. The van der Waals surface area contributed by atoms with Gasteiger partial charge in [0, 0.05) is 31.6 Å². The van der Waals surface area contributed by atoms with Gasteiger partial charge in [-0.2, -0.15) is 0 Å². The number of carbonyl (C=O) groups is 2. The predicted molar refractivity (Wildman–Crippen MR) is 90.1 cm³/mol. The van der Waals surface area contributed by atoms with Gasteiger partial charge in [-0.25, -0.2) is 0 Å². The molecule has 23 heavy (non-hydrogen) atoms. The Balaban J connectivity index is 2.43. The summed E-state index contributed by atoms with van der Waals surface area (Å²) >= 11 is 0. The molecule has 0 atom stereocenters. The summed E-state index contributed by atoms with van der Waals surface area (Å²) in [5.74, 6) is 1.18. The summed E-state index contributed by atoms with van der Waals surface area (Å²) in [5, 5.41) is 5.64. The molecular weight excluding hydrogens is 296 g/mol. The topological polar surface area (TPSA) is 76.7 Å². The zero-order valence-corrected chi connectivity index (χ0v) is 14.3. The van der Waals surface area contributed by atoms with E-state index < -0.39 is 0 Å². The quantitative estimate of drug-likeness (QED) is 0.685. The molecule has 2 amide bonds. The summed E-state index contributed by atoms with van der Waals surface area (Å²) in [5.41, 5.74) is 1.65. The van der Waals surface area contributed by atoms with Crippen molar-refractivity contribution < 1.29 is 19.1 Å². The Morgan fingerprint density at radius 1 is 1.04 bits per heavy atom. The largest absolute Gasteiger partial charge is 0.493 e. The number of rotatable bonds is 9. The molecule has 0 radical (unpaired) electrons. The first-order valence-electron chi connectivity index (χ1n) is 7.74. The van der Waals surface area contributed by atoms with Gasteiger partial charge in [0.15, 0.2) is 11.5 Å². The number of anilines is 1. The predicted octanol–water partition coefficient (Wildman–Crippen LogP) is 2.65. The molecule has 1 aromatic carbocycles. The van der Waals surface area contributed by atoms with Gasteiger partial charge in [0.1, 0.15) is 0 Å². The Hall–Kier alpha value is -2.24. The summed E-state index contributed by atoms with van der Waals surface area (Å²) in [4.78, 5) is 22.7. The minimum Gasteiger partial charge on any atom is -0.493 e. The first-order chi connectivity index (χ1) is 11.0. The highest BCUT2D eigenvalue weighted by atomic mass is 16.5. The van der Waals surface area contributed by atoms with Crippen molar-refractivity contribution in [1.82, 2.24) is 5.32 Å². The van der Waals surface area contributed by atoms with Crippen molar-refractivity contribution in [3.63, 3.8) is 0 Å². The number of hydrogen-bond acceptors (Lipinski definition) is 4. The van der Waals surface area contributed by atoms with Crippen LogP contribution in [0.25, 0.3) is 0 Å². The van der Waals surface area contributed by atoms with Crippen LogP contribution in [-0.4, -0.2) is 32.6 Å². The Bertz CT molecular complexity index is 544. The Labute approximate surface area is 137 Å². The third-order valence-corrected chi connectivity index (χ3v) is 3.46. The van der Waals surface area contributed by atoms with Crippen molar-refractivity contribution in [3.8, 4) is 11.5 Å². The summed E-state index contributed by atoms with van der Waals surface area (Å²) in [6, 6.07) is 3.60. The van der Waals surface area contributed by atoms with E-state index in [1.165, 1.54) is 6.92 Å². The SMILES string of the molecule is COc1cc(C)c(NC(=O)CCCCCNC(C)=O)cc1OC. The van der Waals surface area contributed by atoms with E-state index in [2.05, 4.69) is 10.6 Å². The van der Waals surface area contributed by atoms with Gasteiger partial charge in [0.25, 0.3) is 0 Å². The molecule has 2 N–H and O–H groups in total. The summed E-state index contributed by atoms with van der Waals surface area (Å²) in [6.07, 6.45) is 3.02. The minimum absolute atomic E-state index is 0.0216. The van der Waals surface area contributed by atoms with Gasteiger partial charge < -0.3 is 20.1 Å². The molecule has 0 spiro atoms. The number of nitrogens with one attached hydrogen (secondary N) is 2. The fourth-order valence-corrected chi connectivity index (χ4v) is 2.18. The lowest BCUT2D eigenvalue weighted by atomic mass is 10.1. The molecule has 128 valence electrons. The maximum Gasteiger partial charge on any atom is 0.224 e. The molecule has 1 aromatic rings. The molecule has 0 aromatic heterocycles. The summed E-state index contributed by atoms with van der Waals surface area (Å²) < 4.78 is 10.5. The highest BCUT2D eigenvalue weighted by molar-refractivity contribution is 5.91. The zero-order chi connectivity index (χ0) is 17.2. The molecule has 6 heteroatoms. The van der Waals surface area contributed by atoms with Crippen LogP contribution in [0.2, 0.25) is 0 Å². The van der Waals surface area contributed by atoms with Gasteiger partial charge in [-0.15, -0.1) is 0 Å². The number of aryl methyl sites for hydroxylation is 1. The third kappa shape index (κ3) is 6.59.